The molecule has 1 aromatic carbocycles. The lowest BCUT2D eigenvalue weighted by atomic mass is 9.82. The third-order valence-corrected chi connectivity index (χ3v) is 3.97. The van der Waals surface area contributed by atoms with E-state index in [1.54, 1.807) is 6.07 Å². The van der Waals surface area contributed by atoms with Crippen molar-refractivity contribution < 1.29 is 4.84 Å². The van der Waals surface area contributed by atoms with E-state index < -0.39 is 0 Å². The van der Waals surface area contributed by atoms with Crippen molar-refractivity contribution in [3.05, 3.63) is 46.8 Å². The minimum atomic E-state index is -0.283. The first kappa shape index (κ1) is 13.7. The lowest BCUT2D eigenvalue weighted by Gasteiger charge is -2.42. The van der Waals surface area contributed by atoms with E-state index in [4.69, 9.17) is 10.1 Å². The lowest BCUT2D eigenvalue weighted by molar-refractivity contribution is -0.0409. The maximum absolute atomic E-state index is 11.5. The van der Waals surface area contributed by atoms with Crippen LogP contribution in [0.25, 0.3) is 11.3 Å². The summed E-state index contributed by atoms with van der Waals surface area (Å²) >= 11 is 0. The number of hydrogen-bond donors (Lipinski definition) is 0. The van der Waals surface area contributed by atoms with E-state index in [0.717, 1.165) is 16.8 Å². The molecule has 0 amide bonds. The third-order valence-electron chi connectivity index (χ3n) is 3.97. The normalized spacial score (nSPS) is 16.9. The molecule has 3 rings (SSSR count). The standard InChI is InChI=1S/C16H16N3O2/c1-16(2)10-19(20)21-15-7-4-11(8-13(15)16)14-6-5-12(9-17)18(14)3/h4-8H,10H2,1-3H3/q-1. The molecule has 0 fully saturated rings. The van der Waals surface area contributed by atoms with E-state index in [-0.39, 0.29) is 5.41 Å². The number of benzene rings is 1. The molecule has 108 valence electrons. The van der Waals surface area contributed by atoms with Gasteiger partial charge in [0.1, 0.15) is 17.5 Å². The van der Waals surface area contributed by atoms with Gasteiger partial charge in [-0.05, 0) is 35.9 Å². The molecule has 21 heavy (non-hydrogen) atoms. The van der Waals surface area contributed by atoms with Crippen LogP contribution in [-0.4, -0.2) is 16.3 Å². The average Bonchev–Trinajstić information content (AvgIpc) is 2.78. The molecule has 0 N–H and O–H groups in total. The SMILES string of the molecule is Cn1c(C#N)ccc1-c1ccc2c(c1)C(C)(C)CN([O-])O2. The van der Waals surface area contributed by atoms with E-state index in [1.807, 2.05) is 49.7 Å². The molecule has 0 saturated heterocycles. The van der Waals surface area contributed by atoms with Crippen LogP contribution in [0.3, 0.4) is 0 Å². The van der Waals surface area contributed by atoms with Crippen LogP contribution in [0.2, 0.25) is 0 Å². The molecule has 0 bridgehead atoms. The number of nitriles is 1. The molecule has 0 aliphatic carbocycles. The summed E-state index contributed by atoms with van der Waals surface area (Å²) in [6, 6.07) is 11.7. The van der Waals surface area contributed by atoms with Crippen molar-refractivity contribution in [1.29, 1.82) is 5.26 Å². The largest absolute Gasteiger partial charge is 0.753 e. The van der Waals surface area contributed by atoms with E-state index in [2.05, 4.69) is 6.07 Å². The minimum absolute atomic E-state index is 0.283. The molecule has 0 saturated carbocycles. The van der Waals surface area contributed by atoms with E-state index in [9.17, 15) is 5.21 Å². The van der Waals surface area contributed by atoms with Gasteiger partial charge in [0.25, 0.3) is 0 Å². The Kier molecular flexibility index (Phi) is 3.01. The van der Waals surface area contributed by atoms with Gasteiger partial charge in [0, 0.05) is 30.3 Å². The van der Waals surface area contributed by atoms with Gasteiger partial charge in [0.05, 0.1) is 0 Å². The highest BCUT2D eigenvalue weighted by Gasteiger charge is 2.30. The smallest absolute Gasteiger partial charge is 0.149 e. The summed E-state index contributed by atoms with van der Waals surface area (Å²) in [5, 5.41) is 21.2. The average molecular weight is 282 g/mol. The monoisotopic (exact) mass is 282 g/mol. The molecule has 5 heteroatoms. The quantitative estimate of drug-likeness (QED) is 0.806. The summed E-state index contributed by atoms with van der Waals surface area (Å²) < 4.78 is 1.86. The van der Waals surface area contributed by atoms with Crippen molar-refractivity contribution >= 4 is 0 Å². The Bertz CT molecular complexity index is 740. The second kappa shape index (κ2) is 4.62. The molecule has 5 nitrogen and oxygen atoms in total. The summed E-state index contributed by atoms with van der Waals surface area (Å²) in [5.74, 6) is 0.597. The van der Waals surface area contributed by atoms with E-state index in [1.165, 1.54) is 0 Å². The van der Waals surface area contributed by atoms with Crippen molar-refractivity contribution in [3.8, 4) is 23.1 Å². The number of fused-ring (bicyclic) bond motifs is 1. The number of rotatable bonds is 1. The molecule has 0 radical (unpaired) electrons. The van der Waals surface area contributed by atoms with Gasteiger partial charge >= 0.3 is 0 Å². The Balaban J connectivity index is 2.11. The fourth-order valence-electron chi connectivity index (χ4n) is 2.76. The van der Waals surface area contributed by atoms with Crippen molar-refractivity contribution in [2.45, 2.75) is 19.3 Å². The summed E-state index contributed by atoms with van der Waals surface area (Å²) in [6.45, 7) is 4.34. The molecule has 0 spiro atoms. The number of hydrogen-bond acceptors (Lipinski definition) is 4. The molecule has 1 aromatic heterocycles. The first-order valence-corrected chi connectivity index (χ1v) is 6.76. The number of hydroxylamine groups is 2. The summed E-state index contributed by atoms with van der Waals surface area (Å²) in [5.41, 5.74) is 3.31. The summed E-state index contributed by atoms with van der Waals surface area (Å²) in [4.78, 5) is 5.23. The van der Waals surface area contributed by atoms with Crippen LogP contribution in [-0.2, 0) is 12.5 Å². The third kappa shape index (κ3) is 2.19. The van der Waals surface area contributed by atoms with Gasteiger partial charge in [0.2, 0.25) is 0 Å². The Morgan fingerprint density at radius 2 is 2.05 bits per heavy atom. The van der Waals surface area contributed by atoms with Gasteiger partial charge in [0.15, 0.2) is 0 Å². The summed E-state index contributed by atoms with van der Waals surface area (Å²) in [6.07, 6.45) is 0. The molecule has 2 aromatic rings. The molecule has 0 unspecified atom stereocenters. The Labute approximate surface area is 123 Å². The van der Waals surface area contributed by atoms with Gasteiger partial charge < -0.3 is 14.6 Å². The fraction of sp³-hybridized carbons (Fsp3) is 0.312. The topological polar surface area (TPSA) is 64.2 Å². The van der Waals surface area contributed by atoms with Crippen LogP contribution in [0.5, 0.6) is 5.75 Å². The van der Waals surface area contributed by atoms with E-state index >= 15 is 0 Å². The highest BCUT2D eigenvalue weighted by molar-refractivity contribution is 5.65. The van der Waals surface area contributed by atoms with Crippen LogP contribution >= 0.6 is 0 Å². The number of aromatic nitrogens is 1. The van der Waals surface area contributed by atoms with Crippen molar-refractivity contribution in [3.63, 3.8) is 0 Å². The molecule has 1 aliphatic heterocycles. The first-order valence-electron chi connectivity index (χ1n) is 6.76. The van der Waals surface area contributed by atoms with Gasteiger partial charge in [-0.15, -0.1) is 0 Å². The van der Waals surface area contributed by atoms with Crippen LogP contribution in [0.15, 0.2) is 30.3 Å². The molecule has 2 heterocycles. The second-order valence-corrected chi connectivity index (χ2v) is 5.95. The Hall–Kier alpha value is -2.29. The zero-order valence-corrected chi connectivity index (χ0v) is 12.3. The van der Waals surface area contributed by atoms with Gasteiger partial charge in [-0.2, -0.15) is 5.26 Å². The van der Waals surface area contributed by atoms with E-state index in [0.29, 0.717) is 23.2 Å². The second-order valence-electron chi connectivity index (χ2n) is 5.95. The maximum atomic E-state index is 11.5. The molecular weight excluding hydrogens is 266 g/mol. The van der Waals surface area contributed by atoms with Crippen molar-refractivity contribution in [2.24, 2.45) is 7.05 Å². The molecular formula is C16H16N3O2-. The van der Waals surface area contributed by atoms with Crippen LogP contribution < -0.4 is 4.84 Å². The minimum Gasteiger partial charge on any atom is -0.753 e. The Morgan fingerprint density at radius 1 is 1.29 bits per heavy atom. The van der Waals surface area contributed by atoms with Crippen molar-refractivity contribution in [2.75, 3.05) is 6.54 Å². The van der Waals surface area contributed by atoms with Gasteiger partial charge in [-0.3, -0.25) is 0 Å². The Morgan fingerprint density at radius 3 is 2.71 bits per heavy atom. The zero-order valence-electron chi connectivity index (χ0n) is 12.3. The molecule has 0 atom stereocenters. The van der Waals surface area contributed by atoms with Gasteiger partial charge in [-0.25, -0.2) is 5.23 Å². The molecule has 1 aliphatic rings. The predicted molar refractivity (Wildman–Crippen MR) is 79.3 cm³/mol. The zero-order chi connectivity index (χ0) is 15.2. The number of nitrogens with zero attached hydrogens (tertiary/aromatic N) is 3. The lowest BCUT2D eigenvalue weighted by Crippen LogP contribution is -2.40. The highest BCUT2D eigenvalue weighted by Crippen LogP contribution is 2.39. The summed E-state index contributed by atoms with van der Waals surface area (Å²) in [7, 11) is 1.87. The predicted octanol–water partition coefficient (Wildman–Crippen LogP) is 2.95. The van der Waals surface area contributed by atoms with Crippen LogP contribution in [0.1, 0.15) is 25.1 Å². The van der Waals surface area contributed by atoms with Crippen molar-refractivity contribution in [1.82, 2.24) is 9.79 Å². The van der Waals surface area contributed by atoms with Crippen LogP contribution in [0, 0.1) is 16.5 Å². The van der Waals surface area contributed by atoms with Crippen LogP contribution in [0.4, 0.5) is 0 Å². The highest BCUT2D eigenvalue weighted by atomic mass is 16.9. The maximum Gasteiger partial charge on any atom is 0.149 e. The van der Waals surface area contributed by atoms with Gasteiger partial charge in [-0.1, -0.05) is 13.8 Å². The fourth-order valence-corrected chi connectivity index (χ4v) is 2.76. The first-order chi connectivity index (χ1) is 9.92.